The van der Waals surface area contributed by atoms with Gasteiger partial charge in [-0.05, 0) is 0 Å². The number of carbonyl (C=O) groups is 3. The van der Waals surface area contributed by atoms with Gasteiger partial charge in [-0.25, -0.2) is 14.8 Å². The van der Waals surface area contributed by atoms with Crippen LogP contribution in [0.4, 0.5) is 5.13 Å². The van der Waals surface area contributed by atoms with Gasteiger partial charge < -0.3 is 32.8 Å². The summed E-state index contributed by atoms with van der Waals surface area (Å²) in [6.45, 7) is 1.03. The van der Waals surface area contributed by atoms with E-state index >= 15 is 0 Å². The van der Waals surface area contributed by atoms with Crippen LogP contribution in [0.1, 0.15) is 11.4 Å². The van der Waals surface area contributed by atoms with Crippen LogP contribution in [0.5, 0.6) is 0 Å². The smallest absolute Gasteiger partial charge is 0.353 e. The first-order valence-electron chi connectivity index (χ1n) is 11.3. The van der Waals surface area contributed by atoms with E-state index in [4.69, 9.17) is 33.8 Å². The lowest BCUT2D eigenvalue weighted by Crippen LogP contribution is -2.71. The zero-order chi connectivity index (χ0) is 29.0. The predicted octanol–water partition coefficient (Wildman–Crippen LogP) is 1.74. The maximum absolute atomic E-state index is 13.1. The maximum Gasteiger partial charge on any atom is 0.353 e. The maximum atomic E-state index is 13.1. The lowest BCUT2D eigenvalue weighted by atomic mass is 10.0. The summed E-state index contributed by atoms with van der Waals surface area (Å²) in [4.78, 5) is 48.6. The van der Waals surface area contributed by atoms with Gasteiger partial charge in [0.05, 0.1) is 9.90 Å². The molecule has 2 atom stereocenters. The number of aromatic nitrogens is 2. The number of carbonyl (C=O) groups excluding carboxylic acids is 2. The quantitative estimate of drug-likeness (QED) is 0.0442. The average Bonchev–Trinajstić information content (AvgIpc) is 3.47. The lowest BCUT2D eigenvalue weighted by molar-refractivity contribution is -0.150. The number of hydrogen-bond donors (Lipinski definition) is 6. The Hall–Kier alpha value is -1.71. The number of oxime groups is 1. The van der Waals surface area contributed by atoms with Crippen molar-refractivity contribution in [2.45, 2.75) is 25.7 Å². The molecular weight excluding hydrogens is 660 g/mol. The van der Waals surface area contributed by atoms with E-state index in [1.807, 2.05) is 0 Å². The van der Waals surface area contributed by atoms with Crippen molar-refractivity contribution in [3.8, 4) is 0 Å². The van der Waals surface area contributed by atoms with E-state index in [1.54, 1.807) is 11.8 Å². The number of hydrogen-bond acceptors (Lipinski definition) is 16. The third kappa shape index (κ3) is 6.67. The molecule has 20 heteroatoms. The van der Waals surface area contributed by atoms with Crippen molar-refractivity contribution >= 4 is 110 Å². The van der Waals surface area contributed by atoms with Gasteiger partial charge in [-0.1, -0.05) is 51.6 Å². The molecule has 0 aliphatic carbocycles. The fourth-order valence-electron chi connectivity index (χ4n) is 3.60. The van der Waals surface area contributed by atoms with Gasteiger partial charge >= 0.3 is 5.97 Å². The Bertz CT molecular complexity index is 1370. The van der Waals surface area contributed by atoms with E-state index in [-0.39, 0.29) is 20.9 Å². The molecule has 1 fully saturated rings. The molecule has 0 saturated carbocycles. The third-order valence-electron chi connectivity index (χ3n) is 5.27. The van der Waals surface area contributed by atoms with Gasteiger partial charge in [-0.3, -0.25) is 14.5 Å². The predicted molar refractivity (Wildman–Crippen MR) is 163 cm³/mol. The van der Waals surface area contributed by atoms with Crippen LogP contribution in [0.3, 0.4) is 0 Å². The highest BCUT2D eigenvalue weighted by Gasteiger charge is 2.54. The summed E-state index contributed by atoms with van der Waals surface area (Å²) in [6.07, 6.45) is 0. The van der Waals surface area contributed by atoms with E-state index in [0.717, 1.165) is 31.3 Å². The second-order valence-corrected chi connectivity index (χ2v) is 15.4. The van der Waals surface area contributed by atoms with Gasteiger partial charge in [-0.2, -0.15) is 11.8 Å². The third-order valence-corrected chi connectivity index (χ3v) is 12.4. The van der Waals surface area contributed by atoms with E-state index in [2.05, 4.69) is 15.5 Å². The Morgan fingerprint density at radius 2 is 1.98 bits per heavy atom. The molecule has 0 radical (unpaired) electrons. The molecule has 2 aromatic rings. The summed E-state index contributed by atoms with van der Waals surface area (Å²) in [7, 11) is 0. The van der Waals surface area contributed by atoms with Crippen molar-refractivity contribution in [1.82, 2.24) is 20.2 Å². The molecule has 2 aliphatic rings. The minimum atomic E-state index is -1.26. The van der Waals surface area contributed by atoms with Gasteiger partial charge in [-0.15, -0.1) is 23.1 Å². The number of halogens is 1. The van der Waals surface area contributed by atoms with Crippen LogP contribution in [0.15, 0.2) is 24.3 Å². The summed E-state index contributed by atoms with van der Waals surface area (Å²) in [5, 5.41) is 24.4. The molecular formula is C20H23ClN8O5S6. The van der Waals surface area contributed by atoms with Gasteiger partial charge in [0.2, 0.25) is 0 Å². The van der Waals surface area contributed by atoms with Crippen LogP contribution < -0.4 is 22.5 Å². The van der Waals surface area contributed by atoms with Crippen molar-refractivity contribution in [1.29, 1.82) is 0 Å². The molecule has 0 bridgehead atoms. The number of thioether (sulfide) groups is 4. The van der Waals surface area contributed by atoms with Crippen LogP contribution in [0, 0.1) is 0 Å². The molecule has 2 aliphatic heterocycles. The zero-order valence-electron chi connectivity index (χ0n) is 20.4. The summed E-state index contributed by atoms with van der Waals surface area (Å²) < 4.78 is 1.72. The number of anilines is 1. The fourth-order valence-corrected chi connectivity index (χ4v) is 10.4. The number of nitrogens with zero attached hydrogens (tertiary/aromatic N) is 4. The number of thiazole rings is 2. The van der Waals surface area contributed by atoms with Gasteiger partial charge in [0.15, 0.2) is 15.2 Å². The lowest BCUT2D eigenvalue weighted by Gasteiger charge is -2.49. The SMILES string of the molecule is NCCSCc1nc(SCCN)sc1SC1=C(C(=O)O)N2C(=O)[C@@H](NC(=O)/C(=N\O)c3nc(N)sc3Cl)C2SC1. The van der Waals surface area contributed by atoms with Crippen LogP contribution in [0.25, 0.3) is 0 Å². The fraction of sp³-hybridized carbons (Fsp3) is 0.400. The molecule has 1 saturated heterocycles. The van der Waals surface area contributed by atoms with Crippen molar-refractivity contribution in [2.24, 2.45) is 16.6 Å². The largest absolute Gasteiger partial charge is 0.477 e. The molecule has 0 aromatic carbocycles. The first-order chi connectivity index (χ1) is 19.2. The molecule has 4 rings (SSSR count). The summed E-state index contributed by atoms with van der Waals surface area (Å²) in [5.74, 6) is -0.395. The second kappa shape index (κ2) is 14.0. The first kappa shape index (κ1) is 31.2. The number of β-lactam (4-membered cyclic amide) rings is 1. The Labute approximate surface area is 258 Å². The normalized spacial score (nSPS) is 19.0. The minimum Gasteiger partial charge on any atom is -0.477 e. The van der Waals surface area contributed by atoms with Crippen molar-refractivity contribution in [3.05, 3.63) is 26.3 Å². The first-order valence-corrected chi connectivity index (χ1v) is 17.4. The highest BCUT2D eigenvalue weighted by atomic mass is 35.5. The van der Waals surface area contributed by atoms with E-state index in [1.165, 1.54) is 51.5 Å². The molecule has 4 heterocycles. The molecule has 40 heavy (non-hydrogen) atoms. The molecule has 9 N–H and O–H groups in total. The number of aliphatic carboxylic acids is 1. The number of fused-ring (bicyclic) bond motifs is 1. The second-order valence-electron chi connectivity index (χ2n) is 7.86. The monoisotopic (exact) mass is 682 g/mol. The van der Waals surface area contributed by atoms with Gasteiger partial charge in [0.25, 0.3) is 11.8 Å². The highest BCUT2D eigenvalue weighted by molar-refractivity contribution is 8.08. The average molecular weight is 683 g/mol. The number of carboxylic acid groups (broad SMARTS) is 1. The Kier molecular flexibility index (Phi) is 10.9. The molecule has 13 nitrogen and oxygen atoms in total. The molecule has 2 aromatic heterocycles. The standard InChI is InChI=1S/C20H23ClN8O5S6/c21-13-9(27-19(24)39-13)10(28-34)14(30)26-11-15(31)29-12(17(32)33)8(6-37-16(11)29)38-18-7(5-35-3-1-22)25-20(40-18)36-4-2-23/h11,16,34H,1-6,22-23H2,(H2,24,27)(H,26,30)(H,32,33)/b28-10-/t11-,16?/m1/s1. The van der Waals surface area contributed by atoms with Crippen molar-refractivity contribution < 1.29 is 24.7 Å². The summed E-state index contributed by atoms with van der Waals surface area (Å²) in [5.41, 5.74) is 16.9. The van der Waals surface area contributed by atoms with Crippen molar-refractivity contribution in [2.75, 3.05) is 36.1 Å². The highest BCUT2D eigenvalue weighted by Crippen LogP contribution is 2.48. The van der Waals surface area contributed by atoms with Gasteiger partial charge in [0, 0.05) is 41.0 Å². The number of nitrogens with one attached hydrogen (secondary N) is 1. The number of rotatable bonds is 13. The van der Waals surface area contributed by atoms with Crippen LogP contribution in [-0.2, 0) is 20.1 Å². The van der Waals surface area contributed by atoms with Gasteiger partial charge in [0.1, 0.15) is 27.1 Å². The van der Waals surface area contributed by atoms with Crippen LogP contribution in [-0.4, -0.2) is 90.4 Å². The molecule has 0 spiro atoms. The van der Waals surface area contributed by atoms with Crippen molar-refractivity contribution in [3.63, 3.8) is 0 Å². The minimum absolute atomic E-state index is 0.0419. The van der Waals surface area contributed by atoms with E-state index in [9.17, 15) is 24.7 Å². The van der Waals surface area contributed by atoms with E-state index in [0.29, 0.717) is 35.3 Å². The van der Waals surface area contributed by atoms with E-state index < -0.39 is 34.9 Å². The number of nitrogen functional groups attached to an aromatic ring is 1. The van der Waals surface area contributed by atoms with Crippen LogP contribution >= 0.6 is 81.3 Å². The Morgan fingerprint density at radius 1 is 1.23 bits per heavy atom. The number of carboxylic acids is 1. The zero-order valence-corrected chi connectivity index (χ0v) is 26.0. The summed E-state index contributed by atoms with van der Waals surface area (Å²) >= 11 is 14.1. The Balaban J connectivity index is 1.53. The summed E-state index contributed by atoms with van der Waals surface area (Å²) in [6, 6.07) is -1.05. The number of amides is 2. The molecule has 216 valence electrons. The Morgan fingerprint density at radius 3 is 2.60 bits per heavy atom. The molecule has 2 amide bonds. The topological polar surface area (TPSA) is 223 Å². The number of nitrogens with two attached hydrogens (primary N) is 3. The molecule has 1 unspecified atom stereocenters. The van der Waals surface area contributed by atoms with Crippen LogP contribution in [0.2, 0.25) is 4.34 Å².